The summed E-state index contributed by atoms with van der Waals surface area (Å²) in [6.07, 6.45) is 9.99. The Labute approximate surface area is 183 Å². The van der Waals surface area contributed by atoms with Crippen LogP contribution in [0.3, 0.4) is 0 Å². The van der Waals surface area contributed by atoms with Crippen molar-refractivity contribution in [2.24, 2.45) is 17.8 Å². The number of amides is 1. The van der Waals surface area contributed by atoms with Gasteiger partial charge in [0.25, 0.3) is 5.91 Å². The van der Waals surface area contributed by atoms with Gasteiger partial charge < -0.3 is 15.1 Å². The van der Waals surface area contributed by atoms with Gasteiger partial charge in [0.2, 0.25) is 0 Å². The molecule has 5 aliphatic rings. The molecular formula is C26H30N2O3. The molecule has 0 aliphatic heterocycles. The highest BCUT2D eigenvalue weighted by molar-refractivity contribution is 6.08. The van der Waals surface area contributed by atoms with E-state index in [-0.39, 0.29) is 23.0 Å². The average molecular weight is 419 g/mol. The standard InChI is InChI=1S/C26H30N2O3/c1-15-23-21(29)7-4-8-22(23)31-24(15)25(30)27-19-5-2-3-6-20(19)28-26-12-16-9-17(13-26)11-18(10-16)14-26/h2-3,5-6,16-18,28H,4,7-14H2,1H3,(H,27,30). The van der Waals surface area contributed by atoms with Crippen LogP contribution in [0, 0.1) is 24.7 Å². The number of ketones is 1. The maximum atomic E-state index is 13.1. The van der Waals surface area contributed by atoms with Crippen molar-refractivity contribution in [3.8, 4) is 0 Å². The van der Waals surface area contributed by atoms with Crippen LogP contribution in [0.15, 0.2) is 28.7 Å². The number of nitrogens with one attached hydrogen (secondary N) is 2. The predicted octanol–water partition coefficient (Wildman–Crippen LogP) is 5.74. The minimum atomic E-state index is -0.278. The summed E-state index contributed by atoms with van der Waals surface area (Å²) in [5.41, 5.74) is 3.23. The van der Waals surface area contributed by atoms with E-state index in [0.717, 1.165) is 42.0 Å². The third-order valence-electron chi connectivity index (χ3n) is 8.13. The van der Waals surface area contributed by atoms with Crippen molar-refractivity contribution >= 4 is 23.1 Å². The Bertz CT molecular complexity index is 1030. The molecule has 162 valence electrons. The van der Waals surface area contributed by atoms with Crippen molar-refractivity contribution in [3.63, 3.8) is 0 Å². The van der Waals surface area contributed by atoms with Gasteiger partial charge in [0.1, 0.15) is 5.76 Å². The van der Waals surface area contributed by atoms with Crippen molar-refractivity contribution in [2.75, 3.05) is 10.6 Å². The van der Waals surface area contributed by atoms with Gasteiger partial charge in [-0.05, 0) is 81.8 Å². The van der Waals surface area contributed by atoms with Gasteiger partial charge in [0, 0.05) is 23.9 Å². The molecular weight excluding hydrogens is 388 g/mol. The van der Waals surface area contributed by atoms with Crippen molar-refractivity contribution in [1.82, 2.24) is 0 Å². The number of hydrogen-bond acceptors (Lipinski definition) is 4. The zero-order valence-electron chi connectivity index (χ0n) is 18.1. The van der Waals surface area contributed by atoms with Gasteiger partial charge in [-0.3, -0.25) is 9.59 Å². The molecule has 1 aromatic heterocycles. The summed E-state index contributed by atoms with van der Waals surface area (Å²) < 4.78 is 5.86. The number of para-hydroxylation sites is 2. The van der Waals surface area contributed by atoms with Crippen molar-refractivity contribution < 1.29 is 14.0 Å². The number of benzene rings is 1. The van der Waals surface area contributed by atoms with Gasteiger partial charge in [0.05, 0.1) is 16.9 Å². The van der Waals surface area contributed by atoms with Crippen LogP contribution in [0.2, 0.25) is 0 Å². The monoisotopic (exact) mass is 418 g/mol. The minimum absolute atomic E-state index is 0.0884. The predicted molar refractivity (Wildman–Crippen MR) is 120 cm³/mol. The summed E-state index contributed by atoms with van der Waals surface area (Å²) in [4.78, 5) is 25.4. The van der Waals surface area contributed by atoms with Crippen molar-refractivity contribution in [3.05, 3.63) is 46.9 Å². The lowest BCUT2D eigenvalue weighted by atomic mass is 9.53. The number of Topliss-reactive ketones (excluding diaryl/α,β-unsaturated/α-hetero) is 1. The Balaban J connectivity index is 1.26. The normalized spacial score (nSPS) is 30.9. The first-order valence-electron chi connectivity index (χ1n) is 11.8. The zero-order chi connectivity index (χ0) is 21.2. The maximum absolute atomic E-state index is 13.1. The maximum Gasteiger partial charge on any atom is 0.291 e. The second-order valence-corrected chi connectivity index (χ2v) is 10.5. The summed E-state index contributed by atoms with van der Waals surface area (Å²) in [5.74, 6) is 3.31. The Morgan fingerprint density at radius 2 is 1.65 bits per heavy atom. The lowest BCUT2D eigenvalue weighted by Crippen LogP contribution is -2.54. The SMILES string of the molecule is Cc1c(C(=O)Nc2ccccc2NC23CC4CC(CC(C4)C2)C3)oc2c1C(=O)CCC2. The molecule has 2 N–H and O–H groups in total. The minimum Gasteiger partial charge on any atom is -0.455 e. The molecule has 0 atom stereocenters. The van der Waals surface area contributed by atoms with E-state index in [9.17, 15) is 9.59 Å². The lowest BCUT2D eigenvalue weighted by molar-refractivity contribution is 0.0107. The summed E-state index contributed by atoms with van der Waals surface area (Å²) in [6.45, 7) is 1.82. The van der Waals surface area contributed by atoms with Crippen LogP contribution in [-0.4, -0.2) is 17.2 Å². The Morgan fingerprint density at radius 3 is 2.29 bits per heavy atom. The number of anilines is 2. The van der Waals surface area contributed by atoms with Crippen molar-refractivity contribution in [2.45, 2.75) is 70.3 Å². The van der Waals surface area contributed by atoms with E-state index in [2.05, 4.69) is 16.7 Å². The Morgan fingerprint density at radius 1 is 1.00 bits per heavy atom. The number of fused-ring (bicyclic) bond motifs is 1. The van der Waals surface area contributed by atoms with Gasteiger partial charge in [-0.1, -0.05) is 12.1 Å². The fraction of sp³-hybridized carbons (Fsp3) is 0.538. The molecule has 1 amide bonds. The number of rotatable bonds is 4. The number of carbonyl (C=O) groups is 2. The highest BCUT2D eigenvalue weighted by atomic mass is 16.4. The van der Waals surface area contributed by atoms with Crippen molar-refractivity contribution in [1.29, 1.82) is 0 Å². The number of hydrogen-bond donors (Lipinski definition) is 2. The van der Waals surface area contributed by atoms with Crippen LogP contribution in [-0.2, 0) is 6.42 Å². The molecule has 5 aliphatic carbocycles. The molecule has 0 radical (unpaired) electrons. The first-order chi connectivity index (χ1) is 15.0. The molecule has 0 unspecified atom stereocenters. The van der Waals surface area contributed by atoms with Crippen LogP contribution in [0.4, 0.5) is 11.4 Å². The summed E-state index contributed by atoms with van der Waals surface area (Å²) in [5, 5.41) is 6.95. The molecule has 0 saturated heterocycles. The molecule has 7 rings (SSSR count). The van der Waals surface area contributed by atoms with Crippen LogP contribution < -0.4 is 10.6 Å². The third-order valence-corrected chi connectivity index (χ3v) is 8.13. The fourth-order valence-corrected chi connectivity index (χ4v) is 7.29. The van der Waals surface area contributed by atoms with Crippen LogP contribution in [0.1, 0.15) is 83.6 Å². The van der Waals surface area contributed by atoms with E-state index in [4.69, 9.17) is 4.42 Å². The smallest absolute Gasteiger partial charge is 0.291 e. The average Bonchev–Trinajstić information content (AvgIpc) is 3.06. The first-order valence-corrected chi connectivity index (χ1v) is 11.8. The van der Waals surface area contributed by atoms with E-state index in [1.54, 1.807) is 0 Å². The zero-order valence-corrected chi connectivity index (χ0v) is 18.1. The lowest BCUT2D eigenvalue weighted by Gasteiger charge is -2.57. The van der Waals surface area contributed by atoms with E-state index in [0.29, 0.717) is 23.3 Å². The van der Waals surface area contributed by atoms with E-state index in [1.165, 1.54) is 38.5 Å². The highest BCUT2D eigenvalue weighted by Gasteiger charge is 2.51. The van der Waals surface area contributed by atoms with Gasteiger partial charge in [-0.15, -0.1) is 0 Å². The Hall–Kier alpha value is -2.56. The number of furan rings is 1. The largest absolute Gasteiger partial charge is 0.455 e. The van der Waals surface area contributed by atoms with E-state index in [1.807, 2.05) is 25.1 Å². The summed E-state index contributed by atoms with van der Waals surface area (Å²) >= 11 is 0. The summed E-state index contributed by atoms with van der Waals surface area (Å²) in [7, 11) is 0. The number of carbonyl (C=O) groups excluding carboxylic acids is 2. The fourth-order valence-electron chi connectivity index (χ4n) is 7.29. The van der Waals surface area contributed by atoms with E-state index >= 15 is 0 Å². The molecule has 4 fully saturated rings. The third kappa shape index (κ3) is 3.20. The molecule has 5 nitrogen and oxygen atoms in total. The second kappa shape index (κ2) is 6.98. The van der Waals surface area contributed by atoms with Crippen LogP contribution in [0.25, 0.3) is 0 Å². The van der Waals surface area contributed by atoms with Gasteiger partial charge >= 0.3 is 0 Å². The van der Waals surface area contributed by atoms with Crippen LogP contribution >= 0.6 is 0 Å². The number of aryl methyl sites for hydroxylation is 1. The second-order valence-electron chi connectivity index (χ2n) is 10.5. The van der Waals surface area contributed by atoms with Gasteiger partial charge in [-0.25, -0.2) is 0 Å². The Kier molecular flexibility index (Phi) is 4.31. The molecule has 2 aromatic rings. The molecule has 4 bridgehead atoms. The first kappa shape index (κ1) is 19.1. The molecule has 31 heavy (non-hydrogen) atoms. The highest BCUT2D eigenvalue weighted by Crippen LogP contribution is 2.56. The molecule has 1 heterocycles. The summed E-state index contributed by atoms with van der Waals surface area (Å²) in [6, 6.07) is 7.99. The molecule has 0 spiro atoms. The van der Waals surface area contributed by atoms with Gasteiger partial charge in [0.15, 0.2) is 11.5 Å². The molecule has 1 aromatic carbocycles. The topological polar surface area (TPSA) is 71.3 Å². The molecule has 4 saturated carbocycles. The van der Waals surface area contributed by atoms with E-state index < -0.39 is 0 Å². The van der Waals surface area contributed by atoms with Gasteiger partial charge in [-0.2, -0.15) is 0 Å². The quantitative estimate of drug-likeness (QED) is 0.664. The van der Waals surface area contributed by atoms with Crippen LogP contribution in [0.5, 0.6) is 0 Å². The molecule has 5 heteroatoms.